The fourth-order valence-corrected chi connectivity index (χ4v) is 3.25. The maximum absolute atomic E-state index is 13.4. The molecule has 4 aromatic rings. The monoisotopic (exact) mass is 399 g/mol. The lowest BCUT2D eigenvalue weighted by molar-refractivity contribution is 0.628. The van der Waals surface area contributed by atoms with Gasteiger partial charge in [-0.2, -0.15) is 0 Å². The number of halogens is 1. The Hall–Kier alpha value is -3.64. The summed E-state index contributed by atoms with van der Waals surface area (Å²) in [6, 6.07) is 20.2. The molecule has 0 saturated heterocycles. The van der Waals surface area contributed by atoms with E-state index in [1.54, 1.807) is 30.7 Å². The smallest absolute Gasteiger partial charge is 0.223 e. The summed E-state index contributed by atoms with van der Waals surface area (Å²) in [4.78, 5) is 13.3. The molecule has 2 heterocycles. The zero-order valence-corrected chi connectivity index (χ0v) is 16.4. The molecule has 3 N–H and O–H groups in total. The molecule has 0 aliphatic rings. The van der Waals surface area contributed by atoms with Crippen molar-refractivity contribution in [1.82, 2.24) is 15.0 Å². The third kappa shape index (κ3) is 4.85. The van der Waals surface area contributed by atoms with Gasteiger partial charge in [0.15, 0.2) is 0 Å². The molecule has 150 valence electrons. The van der Waals surface area contributed by atoms with Crippen molar-refractivity contribution >= 4 is 5.95 Å². The third-order valence-corrected chi connectivity index (χ3v) is 4.76. The van der Waals surface area contributed by atoms with Crippen LogP contribution in [-0.2, 0) is 6.42 Å². The van der Waals surface area contributed by atoms with Gasteiger partial charge < -0.3 is 11.1 Å². The maximum atomic E-state index is 13.4. The van der Waals surface area contributed by atoms with Gasteiger partial charge in [-0.3, -0.25) is 4.98 Å². The van der Waals surface area contributed by atoms with E-state index in [2.05, 4.69) is 27.4 Å². The Labute approximate surface area is 174 Å². The number of nitrogens with one attached hydrogen (secondary N) is 1. The molecule has 30 heavy (non-hydrogen) atoms. The van der Waals surface area contributed by atoms with Crippen molar-refractivity contribution in [3.05, 3.63) is 96.7 Å². The largest absolute Gasteiger partial charge is 0.353 e. The van der Waals surface area contributed by atoms with Crippen LogP contribution >= 0.6 is 0 Å². The lowest BCUT2D eigenvalue weighted by atomic mass is 10.0. The number of benzene rings is 2. The Morgan fingerprint density at radius 3 is 2.37 bits per heavy atom. The minimum Gasteiger partial charge on any atom is -0.353 e. The standard InChI is InChI=1S/C24H22FN5/c25-20-8-6-18(7-9-20)22-16-29-24(30-23(22)19-10-12-27-13-11-19)28-15-21(26)14-17-4-2-1-3-5-17/h1-13,16,21H,14-15,26H2,(H,28,29,30)/t21-/m1/s1. The van der Waals surface area contributed by atoms with Gasteiger partial charge in [0.05, 0.1) is 5.69 Å². The first kappa shape index (κ1) is 19.7. The SMILES string of the molecule is N[C@@H](CNc1ncc(-c2ccc(F)cc2)c(-c2ccncc2)n1)Cc1ccccc1. The highest BCUT2D eigenvalue weighted by Gasteiger charge is 2.13. The van der Waals surface area contributed by atoms with E-state index in [1.165, 1.54) is 17.7 Å². The summed E-state index contributed by atoms with van der Waals surface area (Å²) in [7, 11) is 0. The van der Waals surface area contributed by atoms with Crippen molar-refractivity contribution in [3.8, 4) is 22.4 Å². The van der Waals surface area contributed by atoms with Crippen molar-refractivity contribution in [2.45, 2.75) is 12.5 Å². The minimum absolute atomic E-state index is 0.0721. The summed E-state index contributed by atoms with van der Waals surface area (Å²) in [5, 5.41) is 3.24. The number of hydrogen-bond donors (Lipinski definition) is 2. The summed E-state index contributed by atoms with van der Waals surface area (Å²) in [5.74, 6) is 0.215. The molecule has 0 aliphatic carbocycles. The first-order valence-electron chi connectivity index (χ1n) is 9.76. The van der Waals surface area contributed by atoms with Crippen LogP contribution in [0.1, 0.15) is 5.56 Å². The van der Waals surface area contributed by atoms with Crippen molar-refractivity contribution in [2.24, 2.45) is 5.73 Å². The van der Waals surface area contributed by atoms with Crippen LogP contribution in [0.15, 0.2) is 85.3 Å². The molecular weight excluding hydrogens is 377 g/mol. The first-order valence-corrected chi connectivity index (χ1v) is 9.76. The van der Waals surface area contributed by atoms with E-state index >= 15 is 0 Å². The molecule has 6 heteroatoms. The summed E-state index contributed by atoms with van der Waals surface area (Å²) in [5.41, 5.74) is 10.8. The van der Waals surface area contributed by atoms with Crippen LogP contribution in [0.2, 0.25) is 0 Å². The lowest BCUT2D eigenvalue weighted by Gasteiger charge is -2.15. The molecule has 0 unspecified atom stereocenters. The summed E-state index contributed by atoms with van der Waals surface area (Å²) in [6.45, 7) is 0.542. The second kappa shape index (κ2) is 9.24. The van der Waals surface area contributed by atoms with Crippen LogP contribution in [-0.4, -0.2) is 27.5 Å². The minimum atomic E-state index is -0.282. The zero-order chi connectivity index (χ0) is 20.8. The van der Waals surface area contributed by atoms with Gasteiger partial charge in [-0.05, 0) is 41.8 Å². The van der Waals surface area contributed by atoms with Crippen LogP contribution in [0.4, 0.5) is 10.3 Å². The highest BCUT2D eigenvalue weighted by Crippen LogP contribution is 2.30. The van der Waals surface area contributed by atoms with Gasteiger partial charge in [0, 0.05) is 42.3 Å². The highest BCUT2D eigenvalue weighted by molar-refractivity contribution is 5.80. The van der Waals surface area contributed by atoms with Gasteiger partial charge in [-0.15, -0.1) is 0 Å². The lowest BCUT2D eigenvalue weighted by Crippen LogP contribution is -2.31. The van der Waals surface area contributed by atoms with E-state index in [4.69, 9.17) is 10.7 Å². The topological polar surface area (TPSA) is 76.7 Å². The molecule has 4 rings (SSSR count). The molecule has 5 nitrogen and oxygen atoms in total. The summed E-state index contributed by atoms with van der Waals surface area (Å²) >= 11 is 0. The van der Waals surface area contributed by atoms with Gasteiger partial charge in [0.25, 0.3) is 0 Å². The predicted octanol–water partition coefficient (Wildman–Crippen LogP) is 4.33. The Kier molecular flexibility index (Phi) is 6.06. The van der Waals surface area contributed by atoms with E-state index < -0.39 is 0 Å². The van der Waals surface area contributed by atoms with Gasteiger partial charge in [0.2, 0.25) is 5.95 Å². The number of pyridine rings is 1. The first-order chi connectivity index (χ1) is 14.7. The molecule has 0 aliphatic heterocycles. The average Bonchev–Trinajstić information content (AvgIpc) is 2.79. The molecule has 2 aromatic carbocycles. The number of nitrogens with two attached hydrogens (primary N) is 1. The average molecular weight is 399 g/mol. The molecule has 0 amide bonds. The predicted molar refractivity (Wildman–Crippen MR) is 117 cm³/mol. The number of hydrogen-bond acceptors (Lipinski definition) is 5. The van der Waals surface area contributed by atoms with Gasteiger partial charge in [-0.25, -0.2) is 14.4 Å². The van der Waals surface area contributed by atoms with E-state index in [9.17, 15) is 4.39 Å². The fourth-order valence-electron chi connectivity index (χ4n) is 3.25. The van der Waals surface area contributed by atoms with Gasteiger partial charge in [0.1, 0.15) is 5.82 Å². The molecule has 0 radical (unpaired) electrons. The quantitative estimate of drug-likeness (QED) is 0.484. The molecular formula is C24H22FN5. The number of anilines is 1. The van der Waals surface area contributed by atoms with E-state index in [-0.39, 0.29) is 11.9 Å². The zero-order valence-electron chi connectivity index (χ0n) is 16.4. The Morgan fingerprint density at radius 1 is 0.900 bits per heavy atom. The van der Waals surface area contributed by atoms with Crippen LogP contribution in [0.25, 0.3) is 22.4 Å². The van der Waals surface area contributed by atoms with Crippen LogP contribution in [0.3, 0.4) is 0 Å². The Morgan fingerprint density at radius 2 is 1.63 bits per heavy atom. The normalized spacial score (nSPS) is 11.8. The maximum Gasteiger partial charge on any atom is 0.223 e. The second-order valence-electron chi connectivity index (χ2n) is 7.03. The van der Waals surface area contributed by atoms with E-state index in [0.29, 0.717) is 12.5 Å². The van der Waals surface area contributed by atoms with E-state index in [0.717, 1.165) is 28.8 Å². The molecule has 1 atom stereocenters. The third-order valence-electron chi connectivity index (χ3n) is 4.76. The van der Waals surface area contributed by atoms with Gasteiger partial charge in [-0.1, -0.05) is 42.5 Å². The molecule has 0 bridgehead atoms. The van der Waals surface area contributed by atoms with Gasteiger partial charge >= 0.3 is 0 Å². The Bertz CT molecular complexity index is 1090. The molecule has 0 saturated carbocycles. The highest BCUT2D eigenvalue weighted by atomic mass is 19.1. The van der Waals surface area contributed by atoms with Crippen molar-refractivity contribution in [2.75, 3.05) is 11.9 Å². The second-order valence-corrected chi connectivity index (χ2v) is 7.03. The fraction of sp³-hybridized carbons (Fsp3) is 0.125. The molecule has 0 spiro atoms. The molecule has 0 fully saturated rings. The van der Waals surface area contributed by atoms with Crippen molar-refractivity contribution in [3.63, 3.8) is 0 Å². The van der Waals surface area contributed by atoms with Crippen LogP contribution in [0.5, 0.6) is 0 Å². The van der Waals surface area contributed by atoms with Crippen molar-refractivity contribution in [1.29, 1.82) is 0 Å². The molecule has 2 aromatic heterocycles. The van der Waals surface area contributed by atoms with Crippen LogP contribution in [0, 0.1) is 5.82 Å². The number of rotatable bonds is 7. The summed E-state index contributed by atoms with van der Waals surface area (Å²) < 4.78 is 13.4. The summed E-state index contributed by atoms with van der Waals surface area (Å²) in [6.07, 6.45) is 5.95. The van der Waals surface area contributed by atoms with E-state index in [1.807, 2.05) is 30.3 Å². The van der Waals surface area contributed by atoms with Crippen molar-refractivity contribution < 1.29 is 4.39 Å². The Balaban J connectivity index is 1.57. The number of nitrogens with zero attached hydrogens (tertiary/aromatic N) is 3. The van der Waals surface area contributed by atoms with Crippen LogP contribution < -0.4 is 11.1 Å². The number of aromatic nitrogens is 3.